The lowest BCUT2D eigenvalue weighted by Crippen LogP contribution is -2.11. The van der Waals surface area contributed by atoms with Gasteiger partial charge in [0.15, 0.2) is 5.82 Å². The Morgan fingerprint density at radius 1 is 1.18 bits per heavy atom. The Kier molecular flexibility index (Phi) is 6.80. The number of hydrogen-bond acceptors (Lipinski definition) is 3. The van der Waals surface area contributed by atoms with Crippen LogP contribution in [0.1, 0.15) is 11.4 Å². The van der Waals surface area contributed by atoms with Gasteiger partial charge in [-0.05, 0) is 26.1 Å². The molecule has 1 aromatic heterocycles. The number of aromatic nitrogens is 3. The molecule has 0 aliphatic carbocycles. The predicted molar refractivity (Wildman–Crippen MR) is 73.4 cm³/mol. The highest BCUT2D eigenvalue weighted by Crippen LogP contribution is 2.10. The van der Waals surface area contributed by atoms with Crippen molar-refractivity contribution in [2.75, 3.05) is 7.05 Å². The summed E-state index contributed by atoms with van der Waals surface area (Å²) in [5, 5.41) is 11.0. The molecule has 0 fully saturated rings. The van der Waals surface area contributed by atoms with Crippen molar-refractivity contribution in [3.8, 4) is 5.69 Å². The lowest BCUT2D eigenvalue weighted by molar-refractivity contribution is 0.737. The molecule has 17 heavy (non-hydrogen) atoms. The Hall–Kier alpha value is -1.10. The van der Waals surface area contributed by atoms with E-state index >= 15 is 0 Å². The average molecular weight is 275 g/mol. The SMILES string of the molecule is CNCc1nncn1-c1ccc(C)cc1.Cl.Cl. The van der Waals surface area contributed by atoms with Gasteiger partial charge < -0.3 is 5.32 Å². The van der Waals surface area contributed by atoms with E-state index < -0.39 is 0 Å². The fourth-order valence-electron chi connectivity index (χ4n) is 1.46. The first-order valence-corrected chi connectivity index (χ1v) is 4.92. The zero-order valence-corrected chi connectivity index (χ0v) is 11.4. The van der Waals surface area contributed by atoms with Crippen LogP contribution in [0.3, 0.4) is 0 Å². The van der Waals surface area contributed by atoms with Crippen molar-refractivity contribution in [1.29, 1.82) is 0 Å². The first-order valence-electron chi connectivity index (χ1n) is 4.92. The van der Waals surface area contributed by atoms with Crippen LogP contribution in [-0.2, 0) is 6.54 Å². The van der Waals surface area contributed by atoms with Gasteiger partial charge in [0.1, 0.15) is 6.33 Å². The van der Waals surface area contributed by atoms with Crippen LogP contribution in [0, 0.1) is 6.92 Å². The molecule has 2 rings (SSSR count). The molecule has 0 unspecified atom stereocenters. The average Bonchev–Trinajstić information content (AvgIpc) is 2.68. The highest BCUT2D eigenvalue weighted by atomic mass is 35.5. The molecular formula is C11H16Cl2N4. The highest BCUT2D eigenvalue weighted by molar-refractivity contribution is 5.85. The van der Waals surface area contributed by atoms with Crippen LogP contribution in [0.15, 0.2) is 30.6 Å². The molecule has 0 amide bonds. The van der Waals surface area contributed by atoms with Gasteiger partial charge in [-0.3, -0.25) is 4.57 Å². The third kappa shape index (κ3) is 3.70. The molecule has 94 valence electrons. The lowest BCUT2D eigenvalue weighted by atomic mass is 10.2. The maximum Gasteiger partial charge on any atom is 0.151 e. The second-order valence-corrected chi connectivity index (χ2v) is 3.48. The summed E-state index contributed by atoms with van der Waals surface area (Å²) >= 11 is 0. The van der Waals surface area contributed by atoms with E-state index in [0.29, 0.717) is 6.54 Å². The van der Waals surface area contributed by atoms with Crippen molar-refractivity contribution < 1.29 is 0 Å². The van der Waals surface area contributed by atoms with E-state index in [9.17, 15) is 0 Å². The second kappa shape index (κ2) is 7.27. The molecule has 1 aromatic carbocycles. The van der Waals surface area contributed by atoms with Gasteiger partial charge in [-0.15, -0.1) is 35.0 Å². The third-order valence-corrected chi connectivity index (χ3v) is 2.27. The molecule has 0 aliphatic heterocycles. The molecule has 1 N–H and O–H groups in total. The Morgan fingerprint density at radius 2 is 1.82 bits per heavy atom. The van der Waals surface area contributed by atoms with Crippen molar-refractivity contribution in [2.24, 2.45) is 0 Å². The standard InChI is InChI=1S/C11H14N4.2ClH/c1-9-3-5-10(6-4-9)15-8-13-14-11(15)7-12-2;;/h3-6,8,12H,7H2,1-2H3;2*1H. The number of nitrogens with one attached hydrogen (secondary N) is 1. The molecular weight excluding hydrogens is 259 g/mol. The summed E-state index contributed by atoms with van der Waals surface area (Å²) in [4.78, 5) is 0. The normalized spacial score (nSPS) is 9.29. The van der Waals surface area contributed by atoms with Gasteiger partial charge in [-0.25, -0.2) is 0 Å². The first-order chi connectivity index (χ1) is 7.31. The van der Waals surface area contributed by atoms with E-state index in [-0.39, 0.29) is 24.8 Å². The summed E-state index contributed by atoms with van der Waals surface area (Å²) in [6.07, 6.45) is 1.73. The topological polar surface area (TPSA) is 42.7 Å². The van der Waals surface area contributed by atoms with Crippen molar-refractivity contribution in [3.05, 3.63) is 42.0 Å². The Balaban J connectivity index is 0.00000128. The molecule has 0 radical (unpaired) electrons. The van der Waals surface area contributed by atoms with Crippen LogP contribution >= 0.6 is 24.8 Å². The third-order valence-electron chi connectivity index (χ3n) is 2.27. The quantitative estimate of drug-likeness (QED) is 0.933. The van der Waals surface area contributed by atoms with Gasteiger partial charge >= 0.3 is 0 Å². The molecule has 0 aliphatic rings. The van der Waals surface area contributed by atoms with Gasteiger partial charge in [0.2, 0.25) is 0 Å². The number of aryl methyl sites for hydroxylation is 1. The van der Waals surface area contributed by atoms with Gasteiger partial charge in [-0.1, -0.05) is 17.7 Å². The Labute approximate surface area is 113 Å². The minimum atomic E-state index is 0. The van der Waals surface area contributed by atoms with E-state index in [2.05, 4.69) is 46.7 Å². The van der Waals surface area contributed by atoms with Crippen LogP contribution in [0.25, 0.3) is 5.69 Å². The van der Waals surface area contributed by atoms with Crippen LogP contribution in [-0.4, -0.2) is 21.8 Å². The van der Waals surface area contributed by atoms with Crippen molar-refractivity contribution in [1.82, 2.24) is 20.1 Å². The number of benzene rings is 1. The van der Waals surface area contributed by atoms with Crippen molar-refractivity contribution >= 4 is 24.8 Å². The van der Waals surface area contributed by atoms with E-state index in [0.717, 1.165) is 11.5 Å². The molecule has 4 nitrogen and oxygen atoms in total. The summed E-state index contributed by atoms with van der Waals surface area (Å²) in [6.45, 7) is 2.79. The Bertz CT molecular complexity index is 439. The zero-order valence-electron chi connectivity index (χ0n) is 9.75. The van der Waals surface area contributed by atoms with Crippen LogP contribution in [0.4, 0.5) is 0 Å². The fourth-order valence-corrected chi connectivity index (χ4v) is 1.46. The predicted octanol–water partition coefficient (Wildman–Crippen LogP) is 2.14. The lowest BCUT2D eigenvalue weighted by Gasteiger charge is -2.05. The smallest absolute Gasteiger partial charge is 0.151 e. The van der Waals surface area contributed by atoms with Crippen LogP contribution in [0.2, 0.25) is 0 Å². The van der Waals surface area contributed by atoms with Gasteiger partial charge in [0.05, 0.1) is 6.54 Å². The van der Waals surface area contributed by atoms with E-state index in [4.69, 9.17) is 0 Å². The molecule has 0 atom stereocenters. The van der Waals surface area contributed by atoms with E-state index in [1.54, 1.807) is 6.33 Å². The number of nitrogens with zero attached hydrogens (tertiary/aromatic N) is 3. The highest BCUT2D eigenvalue weighted by Gasteiger charge is 2.04. The van der Waals surface area contributed by atoms with Gasteiger partial charge in [0, 0.05) is 5.69 Å². The monoisotopic (exact) mass is 274 g/mol. The second-order valence-electron chi connectivity index (χ2n) is 3.48. The summed E-state index contributed by atoms with van der Waals surface area (Å²) in [5.41, 5.74) is 2.35. The van der Waals surface area contributed by atoms with Crippen LogP contribution in [0.5, 0.6) is 0 Å². The van der Waals surface area contributed by atoms with E-state index in [1.807, 2.05) is 11.6 Å². The molecule has 1 heterocycles. The summed E-state index contributed by atoms with van der Waals surface area (Å²) in [5.74, 6) is 0.918. The minimum absolute atomic E-state index is 0. The fraction of sp³-hybridized carbons (Fsp3) is 0.273. The van der Waals surface area contributed by atoms with Crippen LogP contribution < -0.4 is 5.32 Å². The molecule has 0 saturated heterocycles. The van der Waals surface area contributed by atoms with Crippen molar-refractivity contribution in [2.45, 2.75) is 13.5 Å². The molecule has 0 spiro atoms. The summed E-state index contributed by atoms with van der Waals surface area (Å²) in [7, 11) is 1.90. The summed E-state index contributed by atoms with van der Waals surface area (Å²) in [6, 6.07) is 8.30. The molecule has 0 saturated carbocycles. The van der Waals surface area contributed by atoms with Crippen molar-refractivity contribution in [3.63, 3.8) is 0 Å². The molecule has 6 heteroatoms. The maximum atomic E-state index is 4.06. The maximum absolute atomic E-state index is 4.06. The molecule has 2 aromatic rings. The summed E-state index contributed by atoms with van der Waals surface area (Å²) < 4.78 is 1.98. The number of halogens is 2. The van der Waals surface area contributed by atoms with Gasteiger partial charge in [-0.2, -0.15) is 0 Å². The molecule has 0 bridgehead atoms. The minimum Gasteiger partial charge on any atom is -0.313 e. The zero-order chi connectivity index (χ0) is 10.7. The number of hydrogen-bond donors (Lipinski definition) is 1. The van der Waals surface area contributed by atoms with E-state index in [1.165, 1.54) is 5.56 Å². The number of rotatable bonds is 3. The van der Waals surface area contributed by atoms with Gasteiger partial charge in [0.25, 0.3) is 0 Å². The Morgan fingerprint density at radius 3 is 2.41 bits per heavy atom. The largest absolute Gasteiger partial charge is 0.313 e. The first kappa shape index (κ1) is 15.9.